The van der Waals surface area contributed by atoms with Gasteiger partial charge in [0.1, 0.15) is 11.4 Å². The van der Waals surface area contributed by atoms with E-state index in [0.717, 1.165) is 24.8 Å². The molecule has 7 nitrogen and oxygen atoms in total. The number of aryl methyl sites for hydroxylation is 1. The summed E-state index contributed by atoms with van der Waals surface area (Å²) in [5.41, 5.74) is 3.09. The molecule has 0 aromatic heterocycles. The number of hydrogen-bond donors (Lipinski definition) is 4. The van der Waals surface area contributed by atoms with Crippen LogP contribution >= 0.6 is 24.0 Å². The van der Waals surface area contributed by atoms with E-state index >= 15 is 0 Å². The minimum Gasteiger partial charge on any atom is -0.508 e. The summed E-state index contributed by atoms with van der Waals surface area (Å²) < 4.78 is 5.20. The fourth-order valence-corrected chi connectivity index (χ4v) is 3.28. The summed E-state index contributed by atoms with van der Waals surface area (Å²) in [5.74, 6) is 1.01. The minimum atomic E-state index is -0.490. The number of fused-ring (bicyclic) bond motifs is 1. The molecule has 1 amide bonds. The molecule has 0 saturated carbocycles. The van der Waals surface area contributed by atoms with Gasteiger partial charge in [-0.3, -0.25) is 4.99 Å². The third-order valence-electron chi connectivity index (χ3n) is 4.60. The maximum absolute atomic E-state index is 11.6. The topological polar surface area (TPSA) is 95.0 Å². The Balaban J connectivity index is 0.00000420. The molecule has 0 heterocycles. The number of amides is 1. The van der Waals surface area contributed by atoms with Crippen molar-refractivity contribution in [1.82, 2.24) is 16.0 Å². The summed E-state index contributed by atoms with van der Waals surface area (Å²) in [4.78, 5) is 15.8. The van der Waals surface area contributed by atoms with Gasteiger partial charge in [-0.2, -0.15) is 0 Å². The number of alkyl carbamates (subject to hydrolysis) is 1. The van der Waals surface area contributed by atoms with E-state index in [0.29, 0.717) is 31.3 Å². The Morgan fingerprint density at radius 1 is 1.14 bits per heavy atom. The number of aromatic hydroxyl groups is 1. The molecule has 29 heavy (non-hydrogen) atoms. The zero-order valence-electron chi connectivity index (χ0n) is 17.9. The summed E-state index contributed by atoms with van der Waals surface area (Å²) in [7, 11) is 1.72. The number of nitrogens with zero attached hydrogens (tertiary/aromatic N) is 1. The first kappa shape index (κ1) is 25.3. The standard InChI is InChI=1S/C21H34N4O3.HI/c1-21(2,3)28-20(27)24-13-7-12-23-19(22-4)25-14-17-16-9-6-5-8-15(16)10-11-18(17)26;/h10-11,26H,5-9,12-14H2,1-4H3,(H,24,27)(H2,22,23,25);1H. The van der Waals surface area contributed by atoms with E-state index in [-0.39, 0.29) is 24.0 Å². The molecule has 0 saturated heterocycles. The van der Waals surface area contributed by atoms with Crippen LogP contribution in [0.2, 0.25) is 0 Å². The quantitative estimate of drug-likeness (QED) is 0.200. The summed E-state index contributed by atoms with van der Waals surface area (Å²) >= 11 is 0. The number of phenolic OH excluding ortho intramolecular Hbond substituents is 1. The van der Waals surface area contributed by atoms with Crippen LogP contribution in [0, 0.1) is 0 Å². The molecule has 0 radical (unpaired) electrons. The number of benzene rings is 1. The van der Waals surface area contributed by atoms with Crippen molar-refractivity contribution in [2.75, 3.05) is 20.1 Å². The molecule has 4 N–H and O–H groups in total. The molecule has 1 aromatic rings. The average molecular weight is 518 g/mol. The molecule has 0 atom stereocenters. The predicted octanol–water partition coefficient (Wildman–Crippen LogP) is 3.47. The van der Waals surface area contributed by atoms with Crippen LogP contribution in [-0.2, 0) is 24.1 Å². The molecule has 1 aromatic carbocycles. The van der Waals surface area contributed by atoms with Crippen molar-refractivity contribution in [3.05, 3.63) is 28.8 Å². The van der Waals surface area contributed by atoms with Crippen LogP contribution in [0.25, 0.3) is 0 Å². The highest BCUT2D eigenvalue weighted by Gasteiger charge is 2.17. The second-order valence-electron chi connectivity index (χ2n) is 8.04. The number of carbonyl (C=O) groups is 1. The number of phenols is 1. The molecule has 8 heteroatoms. The number of ether oxygens (including phenoxy) is 1. The van der Waals surface area contributed by atoms with Crippen molar-refractivity contribution < 1.29 is 14.6 Å². The molecular weight excluding hydrogens is 483 g/mol. The Bertz CT molecular complexity index is 702. The van der Waals surface area contributed by atoms with Crippen molar-refractivity contribution >= 4 is 36.0 Å². The van der Waals surface area contributed by atoms with Crippen molar-refractivity contribution in [3.63, 3.8) is 0 Å². The lowest BCUT2D eigenvalue weighted by Crippen LogP contribution is -2.39. The number of halogens is 1. The van der Waals surface area contributed by atoms with Gasteiger partial charge in [-0.1, -0.05) is 6.07 Å². The number of hydrogen-bond acceptors (Lipinski definition) is 4. The van der Waals surface area contributed by atoms with E-state index in [4.69, 9.17) is 4.74 Å². The molecule has 1 aliphatic carbocycles. The fraction of sp³-hybridized carbons (Fsp3) is 0.619. The van der Waals surface area contributed by atoms with Crippen molar-refractivity contribution in [2.45, 2.75) is 65.0 Å². The van der Waals surface area contributed by atoms with Crippen LogP contribution in [0.5, 0.6) is 5.75 Å². The molecule has 0 unspecified atom stereocenters. The molecule has 0 aliphatic heterocycles. The third-order valence-corrected chi connectivity index (χ3v) is 4.60. The molecule has 0 bridgehead atoms. The number of aliphatic imine (C=N–C) groups is 1. The smallest absolute Gasteiger partial charge is 0.407 e. The SMILES string of the molecule is CN=C(NCCCNC(=O)OC(C)(C)C)NCc1c(O)ccc2c1CCCC2.I. The molecule has 164 valence electrons. The highest BCUT2D eigenvalue weighted by molar-refractivity contribution is 14.0. The molecule has 0 fully saturated rings. The zero-order valence-corrected chi connectivity index (χ0v) is 20.3. The number of guanidine groups is 1. The van der Waals surface area contributed by atoms with Crippen molar-refractivity contribution in [1.29, 1.82) is 0 Å². The monoisotopic (exact) mass is 518 g/mol. The third kappa shape index (κ3) is 8.67. The lowest BCUT2D eigenvalue weighted by atomic mass is 9.88. The van der Waals surface area contributed by atoms with Gasteiger partial charge in [0.15, 0.2) is 5.96 Å². The fourth-order valence-electron chi connectivity index (χ4n) is 3.28. The highest BCUT2D eigenvalue weighted by Crippen LogP contribution is 2.30. The summed E-state index contributed by atoms with van der Waals surface area (Å²) in [5, 5.41) is 19.5. The van der Waals surface area contributed by atoms with Gasteiger partial charge in [0.2, 0.25) is 0 Å². The van der Waals surface area contributed by atoms with Gasteiger partial charge >= 0.3 is 6.09 Å². The lowest BCUT2D eigenvalue weighted by molar-refractivity contribution is 0.0527. The van der Waals surface area contributed by atoms with E-state index in [9.17, 15) is 9.90 Å². The maximum Gasteiger partial charge on any atom is 0.407 e. The number of rotatable bonds is 6. The van der Waals surface area contributed by atoms with E-state index in [2.05, 4.69) is 20.9 Å². The second kappa shape index (κ2) is 12.1. The minimum absolute atomic E-state index is 0. The Labute approximate surface area is 191 Å². The van der Waals surface area contributed by atoms with Gasteiger partial charge in [-0.15, -0.1) is 24.0 Å². The van der Waals surface area contributed by atoms with E-state index < -0.39 is 11.7 Å². The Morgan fingerprint density at radius 2 is 1.83 bits per heavy atom. The van der Waals surface area contributed by atoms with E-state index in [1.807, 2.05) is 26.8 Å². The van der Waals surface area contributed by atoms with Crippen LogP contribution in [0.4, 0.5) is 4.79 Å². The van der Waals surface area contributed by atoms with Crippen LogP contribution < -0.4 is 16.0 Å². The predicted molar refractivity (Wildman–Crippen MR) is 127 cm³/mol. The van der Waals surface area contributed by atoms with Crippen LogP contribution in [-0.4, -0.2) is 42.9 Å². The van der Waals surface area contributed by atoms with E-state index in [1.54, 1.807) is 13.1 Å². The zero-order chi connectivity index (χ0) is 20.6. The Kier molecular flexibility index (Phi) is 10.6. The first-order valence-corrected chi connectivity index (χ1v) is 10.0. The normalized spacial score (nSPS) is 13.7. The largest absolute Gasteiger partial charge is 0.508 e. The summed E-state index contributed by atoms with van der Waals surface area (Å²) in [6, 6.07) is 3.83. The molecule has 2 rings (SSSR count). The molecular formula is C21H35IN4O3. The van der Waals surface area contributed by atoms with Gasteiger partial charge in [0.25, 0.3) is 0 Å². The lowest BCUT2D eigenvalue weighted by Gasteiger charge is -2.21. The first-order chi connectivity index (χ1) is 13.3. The average Bonchev–Trinajstić information content (AvgIpc) is 2.63. The molecule has 1 aliphatic rings. The van der Waals surface area contributed by atoms with Crippen LogP contribution in [0.1, 0.15) is 56.7 Å². The Morgan fingerprint density at radius 3 is 2.52 bits per heavy atom. The first-order valence-electron chi connectivity index (χ1n) is 10.0. The summed E-state index contributed by atoms with van der Waals surface area (Å²) in [6.45, 7) is 7.23. The number of carbonyl (C=O) groups excluding carboxylic acids is 1. The molecule has 0 spiro atoms. The second-order valence-corrected chi connectivity index (χ2v) is 8.04. The van der Waals surface area contributed by atoms with Gasteiger partial charge < -0.3 is 25.8 Å². The van der Waals surface area contributed by atoms with Gasteiger partial charge in [-0.05, 0) is 70.1 Å². The van der Waals surface area contributed by atoms with Crippen LogP contribution in [0.15, 0.2) is 17.1 Å². The van der Waals surface area contributed by atoms with E-state index in [1.165, 1.54) is 24.0 Å². The van der Waals surface area contributed by atoms with Gasteiger partial charge in [0.05, 0.1) is 0 Å². The van der Waals surface area contributed by atoms with Gasteiger partial charge in [0, 0.05) is 32.2 Å². The Hall–Kier alpha value is -1.71. The van der Waals surface area contributed by atoms with Crippen molar-refractivity contribution in [2.24, 2.45) is 4.99 Å². The van der Waals surface area contributed by atoms with Gasteiger partial charge in [-0.25, -0.2) is 4.79 Å². The van der Waals surface area contributed by atoms with Crippen LogP contribution in [0.3, 0.4) is 0 Å². The highest BCUT2D eigenvalue weighted by atomic mass is 127. The maximum atomic E-state index is 11.6. The summed E-state index contributed by atoms with van der Waals surface area (Å²) in [6.07, 6.45) is 4.82. The number of nitrogens with one attached hydrogen (secondary N) is 3. The van der Waals surface area contributed by atoms with Crippen molar-refractivity contribution in [3.8, 4) is 5.75 Å².